The van der Waals surface area contributed by atoms with Gasteiger partial charge in [0.15, 0.2) is 0 Å². The fraction of sp³-hybridized carbons (Fsp3) is 0.923. The molecule has 2 N–H and O–H groups in total. The number of nitrogens with two attached hydrogens (primary N) is 1. The van der Waals surface area contributed by atoms with Crippen LogP contribution in [-0.4, -0.2) is 68.2 Å². The number of carbonyl (C=O) groups is 1. The zero-order chi connectivity index (χ0) is 13.5. The minimum Gasteiger partial charge on any atom is -0.380 e. The highest BCUT2D eigenvalue weighted by molar-refractivity contribution is 5.77. The standard InChI is InChI=1S/C13H27N3O2/c1-11(18-3)10-15(2)12(9-14)8-13(17)16-6-4-5-7-16/h11-12H,4-10,14H2,1-3H3. The first-order chi connectivity index (χ1) is 8.58. The smallest absolute Gasteiger partial charge is 0.224 e. The van der Waals surface area contributed by atoms with Gasteiger partial charge in [0.25, 0.3) is 0 Å². The summed E-state index contributed by atoms with van der Waals surface area (Å²) in [5.41, 5.74) is 5.78. The molecule has 2 unspecified atom stereocenters. The van der Waals surface area contributed by atoms with Gasteiger partial charge >= 0.3 is 0 Å². The molecule has 0 aromatic rings. The van der Waals surface area contributed by atoms with Crippen molar-refractivity contribution < 1.29 is 9.53 Å². The largest absolute Gasteiger partial charge is 0.380 e. The van der Waals surface area contributed by atoms with Crippen molar-refractivity contribution >= 4 is 5.91 Å². The number of amides is 1. The van der Waals surface area contributed by atoms with Crippen LogP contribution in [0.3, 0.4) is 0 Å². The van der Waals surface area contributed by atoms with Crippen LogP contribution in [0.25, 0.3) is 0 Å². The average molecular weight is 257 g/mol. The van der Waals surface area contributed by atoms with Gasteiger partial charge in [0.2, 0.25) is 5.91 Å². The van der Waals surface area contributed by atoms with Crippen LogP contribution in [0.4, 0.5) is 0 Å². The maximum atomic E-state index is 12.1. The van der Waals surface area contributed by atoms with E-state index in [1.807, 2.05) is 18.9 Å². The molecule has 0 radical (unpaired) electrons. The maximum Gasteiger partial charge on any atom is 0.224 e. The lowest BCUT2D eigenvalue weighted by Crippen LogP contribution is -2.45. The highest BCUT2D eigenvalue weighted by Gasteiger charge is 2.23. The predicted molar refractivity (Wildman–Crippen MR) is 72.4 cm³/mol. The molecule has 0 aliphatic carbocycles. The molecule has 1 aliphatic rings. The van der Waals surface area contributed by atoms with Gasteiger partial charge in [-0.15, -0.1) is 0 Å². The first-order valence-electron chi connectivity index (χ1n) is 6.79. The van der Waals surface area contributed by atoms with Crippen molar-refractivity contribution in [2.75, 3.05) is 40.3 Å². The number of rotatable bonds is 7. The number of carbonyl (C=O) groups excluding carboxylic acids is 1. The molecular formula is C13H27N3O2. The van der Waals surface area contributed by atoms with Gasteiger partial charge in [-0.1, -0.05) is 0 Å². The topological polar surface area (TPSA) is 58.8 Å². The molecule has 5 heteroatoms. The third-order valence-electron chi connectivity index (χ3n) is 3.71. The molecule has 0 bridgehead atoms. The molecule has 1 rings (SSSR count). The van der Waals surface area contributed by atoms with Crippen LogP contribution in [0.15, 0.2) is 0 Å². The number of likely N-dealkylation sites (tertiary alicyclic amines) is 1. The molecule has 5 nitrogen and oxygen atoms in total. The van der Waals surface area contributed by atoms with E-state index in [1.165, 1.54) is 0 Å². The highest BCUT2D eigenvalue weighted by atomic mass is 16.5. The van der Waals surface area contributed by atoms with Gasteiger partial charge < -0.3 is 15.4 Å². The van der Waals surface area contributed by atoms with Gasteiger partial charge in [0, 0.05) is 45.8 Å². The van der Waals surface area contributed by atoms with Crippen molar-refractivity contribution in [2.24, 2.45) is 5.73 Å². The van der Waals surface area contributed by atoms with Crippen LogP contribution < -0.4 is 5.73 Å². The van der Waals surface area contributed by atoms with Crippen molar-refractivity contribution in [3.63, 3.8) is 0 Å². The van der Waals surface area contributed by atoms with Gasteiger partial charge in [-0.2, -0.15) is 0 Å². The van der Waals surface area contributed by atoms with E-state index >= 15 is 0 Å². The second-order valence-corrected chi connectivity index (χ2v) is 5.17. The lowest BCUT2D eigenvalue weighted by atomic mass is 10.1. The Morgan fingerprint density at radius 2 is 2.06 bits per heavy atom. The van der Waals surface area contributed by atoms with Crippen LogP contribution in [0.5, 0.6) is 0 Å². The lowest BCUT2D eigenvalue weighted by molar-refractivity contribution is -0.131. The minimum atomic E-state index is 0.107. The second-order valence-electron chi connectivity index (χ2n) is 5.17. The minimum absolute atomic E-state index is 0.107. The van der Waals surface area contributed by atoms with Gasteiger partial charge in [-0.25, -0.2) is 0 Å². The summed E-state index contributed by atoms with van der Waals surface area (Å²) >= 11 is 0. The highest BCUT2D eigenvalue weighted by Crippen LogP contribution is 2.12. The maximum absolute atomic E-state index is 12.1. The van der Waals surface area contributed by atoms with Crippen molar-refractivity contribution in [1.29, 1.82) is 0 Å². The van der Waals surface area contributed by atoms with Gasteiger partial charge in [0.05, 0.1) is 6.10 Å². The van der Waals surface area contributed by atoms with Crippen LogP contribution in [0.2, 0.25) is 0 Å². The van der Waals surface area contributed by atoms with Crippen LogP contribution in [0, 0.1) is 0 Å². The first kappa shape index (κ1) is 15.4. The zero-order valence-corrected chi connectivity index (χ0v) is 11.9. The monoisotopic (exact) mass is 257 g/mol. The van der Waals surface area contributed by atoms with Crippen LogP contribution in [0.1, 0.15) is 26.2 Å². The molecule has 1 fully saturated rings. The van der Waals surface area contributed by atoms with E-state index in [9.17, 15) is 4.79 Å². The molecule has 1 heterocycles. The Kier molecular flexibility index (Phi) is 6.60. The van der Waals surface area contributed by atoms with E-state index < -0.39 is 0 Å². The summed E-state index contributed by atoms with van der Waals surface area (Å²) in [6.07, 6.45) is 2.94. The number of nitrogens with zero attached hydrogens (tertiary/aromatic N) is 2. The predicted octanol–water partition coefficient (Wildman–Crippen LogP) is 0.293. The zero-order valence-electron chi connectivity index (χ0n) is 11.9. The van der Waals surface area contributed by atoms with Gasteiger partial charge in [0.1, 0.15) is 0 Å². The van der Waals surface area contributed by atoms with Gasteiger partial charge in [-0.05, 0) is 26.8 Å². The summed E-state index contributed by atoms with van der Waals surface area (Å²) < 4.78 is 5.24. The fourth-order valence-electron chi connectivity index (χ4n) is 2.35. The van der Waals surface area contributed by atoms with E-state index in [0.717, 1.165) is 32.5 Å². The molecular weight excluding hydrogens is 230 g/mol. The third kappa shape index (κ3) is 4.55. The summed E-state index contributed by atoms with van der Waals surface area (Å²) in [4.78, 5) is 16.2. The Labute approximate surface area is 110 Å². The van der Waals surface area contributed by atoms with E-state index in [-0.39, 0.29) is 18.1 Å². The Bertz CT molecular complexity index is 255. The Morgan fingerprint density at radius 3 is 2.56 bits per heavy atom. The number of hydrogen-bond acceptors (Lipinski definition) is 4. The summed E-state index contributed by atoms with van der Waals surface area (Å²) in [5, 5.41) is 0. The second kappa shape index (κ2) is 7.71. The molecule has 2 atom stereocenters. The molecule has 0 aromatic heterocycles. The number of ether oxygens (including phenoxy) is 1. The van der Waals surface area contributed by atoms with E-state index in [4.69, 9.17) is 10.5 Å². The fourth-order valence-corrected chi connectivity index (χ4v) is 2.35. The SMILES string of the molecule is COC(C)CN(C)C(CN)CC(=O)N1CCCC1. The summed E-state index contributed by atoms with van der Waals surface area (Å²) in [6.45, 7) is 5.15. The lowest BCUT2D eigenvalue weighted by Gasteiger charge is -2.29. The van der Waals surface area contributed by atoms with Crippen LogP contribution in [-0.2, 0) is 9.53 Å². The molecule has 1 saturated heterocycles. The number of methoxy groups -OCH3 is 1. The first-order valence-corrected chi connectivity index (χ1v) is 6.79. The third-order valence-corrected chi connectivity index (χ3v) is 3.71. The van der Waals surface area contributed by atoms with Crippen LogP contribution >= 0.6 is 0 Å². The Hall–Kier alpha value is -0.650. The molecule has 0 aromatic carbocycles. The van der Waals surface area contributed by atoms with Gasteiger partial charge in [-0.3, -0.25) is 9.69 Å². The summed E-state index contributed by atoms with van der Waals surface area (Å²) in [6, 6.07) is 0.107. The van der Waals surface area contributed by atoms with Crippen molar-refractivity contribution in [3.8, 4) is 0 Å². The summed E-state index contributed by atoms with van der Waals surface area (Å²) in [7, 11) is 3.70. The quantitative estimate of drug-likeness (QED) is 0.712. The molecule has 1 amide bonds. The Balaban J connectivity index is 2.42. The molecule has 0 saturated carbocycles. The number of likely N-dealkylation sites (N-methyl/N-ethyl adjacent to an activating group) is 1. The van der Waals surface area contributed by atoms with Crippen molar-refractivity contribution in [1.82, 2.24) is 9.80 Å². The average Bonchev–Trinajstić information content (AvgIpc) is 2.89. The molecule has 0 spiro atoms. The van der Waals surface area contributed by atoms with Crippen molar-refractivity contribution in [3.05, 3.63) is 0 Å². The van der Waals surface area contributed by atoms with E-state index in [0.29, 0.717) is 13.0 Å². The van der Waals surface area contributed by atoms with E-state index in [1.54, 1.807) is 7.11 Å². The Morgan fingerprint density at radius 1 is 1.44 bits per heavy atom. The number of hydrogen-bond donors (Lipinski definition) is 1. The molecule has 1 aliphatic heterocycles. The van der Waals surface area contributed by atoms with E-state index in [2.05, 4.69) is 4.90 Å². The summed E-state index contributed by atoms with van der Waals surface area (Å²) in [5.74, 6) is 0.236. The van der Waals surface area contributed by atoms with Crippen molar-refractivity contribution in [2.45, 2.75) is 38.3 Å². The molecule has 18 heavy (non-hydrogen) atoms. The normalized spacial score (nSPS) is 19.3. The molecule has 106 valence electrons.